The van der Waals surface area contributed by atoms with Crippen molar-refractivity contribution in [2.24, 2.45) is 5.73 Å². The lowest BCUT2D eigenvalue weighted by Crippen LogP contribution is -2.10. The molecule has 0 aliphatic rings. The zero-order valence-electron chi connectivity index (χ0n) is 9.79. The molecule has 0 saturated carbocycles. The number of hydrogen-bond acceptors (Lipinski definition) is 1. The summed E-state index contributed by atoms with van der Waals surface area (Å²) in [6.45, 7) is 6.38. The van der Waals surface area contributed by atoms with Gasteiger partial charge in [0.15, 0.2) is 0 Å². The van der Waals surface area contributed by atoms with Crippen molar-refractivity contribution in [3.05, 3.63) is 35.0 Å². The lowest BCUT2D eigenvalue weighted by molar-refractivity contribution is 0.100. The fourth-order valence-electron chi connectivity index (χ4n) is 2.25. The normalized spacial score (nSPS) is 11.2. The van der Waals surface area contributed by atoms with Crippen molar-refractivity contribution in [1.29, 1.82) is 0 Å². The molecular weight excluding hydrogens is 200 g/mol. The number of benzene rings is 1. The molecule has 1 amide bonds. The van der Waals surface area contributed by atoms with Crippen molar-refractivity contribution in [2.75, 3.05) is 0 Å². The number of hydrogen-bond donors (Lipinski definition) is 2. The Hall–Kier alpha value is -1.77. The molecule has 2 rings (SSSR count). The van der Waals surface area contributed by atoms with Gasteiger partial charge >= 0.3 is 0 Å². The second-order valence-corrected chi connectivity index (χ2v) is 4.44. The Morgan fingerprint density at radius 1 is 1.38 bits per heavy atom. The van der Waals surface area contributed by atoms with E-state index in [1.807, 2.05) is 12.1 Å². The minimum absolute atomic E-state index is 0.389. The zero-order chi connectivity index (χ0) is 11.9. The van der Waals surface area contributed by atoms with Crippen LogP contribution in [0.4, 0.5) is 0 Å². The van der Waals surface area contributed by atoms with Crippen molar-refractivity contribution in [1.82, 2.24) is 4.98 Å². The van der Waals surface area contributed by atoms with Crippen molar-refractivity contribution in [3.63, 3.8) is 0 Å². The predicted octanol–water partition coefficient (Wildman–Crippen LogP) is 2.70. The molecule has 1 aromatic heterocycles. The van der Waals surface area contributed by atoms with Crippen molar-refractivity contribution < 1.29 is 4.79 Å². The van der Waals surface area contributed by atoms with E-state index in [1.165, 1.54) is 10.9 Å². The minimum Gasteiger partial charge on any atom is -0.366 e. The Morgan fingerprint density at radius 2 is 2.06 bits per heavy atom. The van der Waals surface area contributed by atoms with E-state index in [0.717, 1.165) is 11.2 Å². The van der Waals surface area contributed by atoms with E-state index in [2.05, 4.69) is 25.8 Å². The smallest absolute Gasteiger partial charge is 0.248 e. The highest BCUT2D eigenvalue weighted by atomic mass is 16.1. The molecular formula is C13H16N2O. The maximum atomic E-state index is 11.1. The van der Waals surface area contributed by atoms with Crippen LogP contribution in [0, 0.1) is 6.92 Å². The molecule has 3 nitrogen and oxygen atoms in total. The third-order valence-corrected chi connectivity index (χ3v) is 2.90. The molecule has 0 saturated heterocycles. The maximum absolute atomic E-state index is 11.1. The molecule has 0 bridgehead atoms. The van der Waals surface area contributed by atoms with E-state index in [1.54, 1.807) is 6.07 Å². The van der Waals surface area contributed by atoms with Gasteiger partial charge in [0.25, 0.3) is 0 Å². The van der Waals surface area contributed by atoms with Gasteiger partial charge in [-0.2, -0.15) is 0 Å². The Kier molecular flexibility index (Phi) is 2.46. The number of primary amides is 1. The second-order valence-electron chi connectivity index (χ2n) is 4.44. The van der Waals surface area contributed by atoms with Crippen LogP contribution < -0.4 is 5.73 Å². The summed E-state index contributed by atoms with van der Waals surface area (Å²) in [5.74, 6) is 0.0772. The molecule has 3 heteroatoms. The summed E-state index contributed by atoms with van der Waals surface area (Å²) in [7, 11) is 0. The zero-order valence-corrected chi connectivity index (χ0v) is 9.79. The molecule has 84 valence electrons. The number of H-pyrrole nitrogens is 1. The summed E-state index contributed by atoms with van der Waals surface area (Å²) in [4.78, 5) is 14.4. The topological polar surface area (TPSA) is 58.9 Å². The van der Waals surface area contributed by atoms with E-state index < -0.39 is 0 Å². The van der Waals surface area contributed by atoms with Gasteiger partial charge in [0, 0.05) is 22.2 Å². The van der Waals surface area contributed by atoms with Crippen LogP contribution in [0.5, 0.6) is 0 Å². The van der Waals surface area contributed by atoms with E-state index in [0.29, 0.717) is 11.5 Å². The number of aryl methyl sites for hydroxylation is 1. The van der Waals surface area contributed by atoms with Crippen LogP contribution in [-0.2, 0) is 0 Å². The minimum atomic E-state index is -0.389. The molecule has 3 N–H and O–H groups in total. The summed E-state index contributed by atoms with van der Waals surface area (Å²) < 4.78 is 0. The van der Waals surface area contributed by atoms with Crippen LogP contribution in [0.2, 0.25) is 0 Å². The molecule has 0 atom stereocenters. The third-order valence-electron chi connectivity index (χ3n) is 2.90. The number of carbonyl (C=O) groups excluding carboxylic acids is 1. The SMILES string of the molecule is Cc1[nH]c2cc(C(N)=O)ccc2c1C(C)C. The van der Waals surface area contributed by atoms with Gasteiger partial charge < -0.3 is 10.7 Å². The van der Waals surface area contributed by atoms with E-state index in [-0.39, 0.29) is 5.91 Å². The third kappa shape index (κ3) is 1.58. The summed E-state index contributed by atoms with van der Waals surface area (Å²) in [5, 5.41) is 1.18. The Morgan fingerprint density at radius 3 is 2.62 bits per heavy atom. The number of nitrogens with one attached hydrogen (secondary N) is 1. The van der Waals surface area contributed by atoms with Gasteiger partial charge in [0.2, 0.25) is 5.91 Å². The number of rotatable bonds is 2. The quantitative estimate of drug-likeness (QED) is 0.796. The van der Waals surface area contributed by atoms with Gasteiger partial charge in [0.05, 0.1) is 0 Å². The molecule has 1 heterocycles. The number of amides is 1. The first kappa shape index (κ1) is 10.7. The van der Waals surface area contributed by atoms with E-state index >= 15 is 0 Å². The van der Waals surface area contributed by atoms with Gasteiger partial charge in [-0.05, 0) is 30.5 Å². The highest BCUT2D eigenvalue weighted by Gasteiger charge is 2.12. The van der Waals surface area contributed by atoms with Gasteiger partial charge in [-0.3, -0.25) is 4.79 Å². The first-order valence-electron chi connectivity index (χ1n) is 5.42. The standard InChI is InChI=1S/C13H16N2O/c1-7(2)12-8(3)15-11-6-9(13(14)16)4-5-10(11)12/h4-7,15H,1-3H3,(H2,14,16). The van der Waals surface area contributed by atoms with Gasteiger partial charge in [0.1, 0.15) is 0 Å². The van der Waals surface area contributed by atoms with Crippen LogP contribution >= 0.6 is 0 Å². The van der Waals surface area contributed by atoms with Crippen molar-refractivity contribution in [3.8, 4) is 0 Å². The second kappa shape index (κ2) is 3.67. The summed E-state index contributed by atoms with van der Waals surface area (Å²) in [6.07, 6.45) is 0. The number of fused-ring (bicyclic) bond motifs is 1. The largest absolute Gasteiger partial charge is 0.366 e. The van der Waals surface area contributed by atoms with Crippen LogP contribution in [-0.4, -0.2) is 10.9 Å². The van der Waals surface area contributed by atoms with Gasteiger partial charge in [-0.25, -0.2) is 0 Å². The fourth-order valence-corrected chi connectivity index (χ4v) is 2.25. The molecule has 2 aromatic rings. The van der Waals surface area contributed by atoms with Gasteiger partial charge in [-0.1, -0.05) is 19.9 Å². The lowest BCUT2D eigenvalue weighted by Gasteiger charge is -2.04. The molecule has 0 radical (unpaired) electrons. The average Bonchev–Trinajstić information content (AvgIpc) is 2.51. The molecule has 1 aromatic carbocycles. The predicted molar refractivity (Wildman–Crippen MR) is 65.6 cm³/mol. The molecule has 0 aliphatic carbocycles. The fraction of sp³-hybridized carbons (Fsp3) is 0.308. The summed E-state index contributed by atoms with van der Waals surface area (Å²) >= 11 is 0. The number of nitrogens with two attached hydrogens (primary N) is 1. The Balaban J connectivity index is 2.70. The average molecular weight is 216 g/mol. The monoisotopic (exact) mass is 216 g/mol. The molecule has 0 unspecified atom stereocenters. The van der Waals surface area contributed by atoms with Gasteiger partial charge in [-0.15, -0.1) is 0 Å². The Labute approximate surface area is 94.6 Å². The van der Waals surface area contributed by atoms with Crippen molar-refractivity contribution in [2.45, 2.75) is 26.7 Å². The van der Waals surface area contributed by atoms with Crippen LogP contribution in [0.1, 0.15) is 41.4 Å². The number of carbonyl (C=O) groups is 1. The van der Waals surface area contributed by atoms with E-state index in [4.69, 9.17) is 5.73 Å². The van der Waals surface area contributed by atoms with Crippen LogP contribution in [0.3, 0.4) is 0 Å². The highest BCUT2D eigenvalue weighted by Crippen LogP contribution is 2.29. The summed E-state index contributed by atoms with van der Waals surface area (Å²) in [5.41, 5.74) is 9.26. The molecule has 0 spiro atoms. The van der Waals surface area contributed by atoms with Crippen molar-refractivity contribution >= 4 is 16.8 Å². The maximum Gasteiger partial charge on any atom is 0.248 e. The molecule has 0 aliphatic heterocycles. The Bertz CT molecular complexity index is 552. The lowest BCUT2D eigenvalue weighted by atomic mass is 9.99. The molecule has 16 heavy (non-hydrogen) atoms. The number of aromatic nitrogens is 1. The first-order chi connectivity index (χ1) is 7.50. The summed E-state index contributed by atoms with van der Waals surface area (Å²) in [6, 6.07) is 5.56. The van der Waals surface area contributed by atoms with Crippen LogP contribution in [0.15, 0.2) is 18.2 Å². The highest BCUT2D eigenvalue weighted by molar-refractivity contribution is 5.97. The first-order valence-corrected chi connectivity index (χ1v) is 5.42. The number of aromatic amines is 1. The van der Waals surface area contributed by atoms with E-state index in [9.17, 15) is 4.79 Å². The molecule has 0 fully saturated rings. The van der Waals surface area contributed by atoms with Crippen LogP contribution in [0.25, 0.3) is 10.9 Å².